The first-order valence-electron chi connectivity index (χ1n) is 7.51. The van der Waals surface area contributed by atoms with Gasteiger partial charge in [0.2, 0.25) is 11.8 Å². The Bertz CT molecular complexity index is 548. The number of anilines is 1. The average molecular weight is 303 g/mol. The highest BCUT2D eigenvalue weighted by molar-refractivity contribution is 5.96. The van der Waals surface area contributed by atoms with Crippen molar-refractivity contribution in [1.82, 2.24) is 10.9 Å². The molecule has 0 heterocycles. The topological polar surface area (TPSA) is 87.3 Å². The summed E-state index contributed by atoms with van der Waals surface area (Å²) in [6, 6.07) is 6.45. The Kier molecular flexibility index (Phi) is 5.52. The third-order valence-corrected chi connectivity index (χ3v) is 3.73. The lowest BCUT2D eigenvalue weighted by atomic mass is 10.0. The monoisotopic (exact) mass is 303 g/mol. The molecule has 0 unspecified atom stereocenters. The predicted octanol–water partition coefficient (Wildman–Crippen LogP) is 1.99. The number of carbonyl (C=O) groups is 3. The molecule has 0 aliphatic heterocycles. The summed E-state index contributed by atoms with van der Waals surface area (Å²) < 4.78 is 0. The van der Waals surface area contributed by atoms with E-state index in [0.717, 1.165) is 12.8 Å². The van der Waals surface area contributed by atoms with Gasteiger partial charge in [0.15, 0.2) is 0 Å². The highest BCUT2D eigenvalue weighted by Gasteiger charge is 2.18. The molecule has 3 N–H and O–H groups in total. The summed E-state index contributed by atoms with van der Waals surface area (Å²) in [5.41, 5.74) is 5.89. The van der Waals surface area contributed by atoms with Crippen molar-refractivity contribution in [3.05, 3.63) is 29.8 Å². The number of hydrogen-bond acceptors (Lipinski definition) is 3. The van der Waals surface area contributed by atoms with E-state index in [1.807, 2.05) is 0 Å². The van der Waals surface area contributed by atoms with Gasteiger partial charge >= 0.3 is 0 Å². The Morgan fingerprint density at radius 3 is 2.27 bits per heavy atom. The second-order valence-electron chi connectivity index (χ2n) is 5.62. The Morgan fingerprint density at radius 2 is 1.68 bits per heavy atom. The van der Waals surface area contributed by atoms with Gasteiger partial charge in [0.1, 0.15) is 0 Å². The number of rotatable bonds is 4. The largest absolute Gasteiger partial charge is 0.326 e. The first kappa shape index (κ1) is 16.0. The van der Waals surface area contributed by atoms with Crippen LogP contribution < -0.4 is 16.2 Å². The maximum Gasteiger partial charge on any atom is 0.269 e. The van der Waals surface area contributed by atoms with Crippen LogP contribution in [0.25, 0.3) is 0 Å². The summed E-state index contributed by atoms with van der Waals surface area (Å²) >= 11 is 0. The first-order valence-corrected chi connectivity index (χ1v) is 7.51. The van der Waals surface area contributed by atoms with Gasteiger partial charge in [0, 0.05) is 24.6 Å². The molecule has 1 aromatic rings. The number of hydrazine groups is 1. The van der Waals surface area contributed by atoms with Gasteiger partial charge in [-0.25, -0.2) is 0 Å². The molecule has 6 heteroatoms. The first-order chi connectivity index (χ1) is 10.5. The van der Waals surface area contributed by atoms with Crippen molar-refractivity contribution in [3.63, 3.8) is 0 Å². The smallest absolute Gasteiger partial charge is 0.269 e. The van der Waals surface area contributed by atoms with Gasteiger partial charge in [0.05, 0.1) is 0 Å². The lowest BCUT2D eigenvalue weighted by Gasteiger charge is -2.11. The minimum atomic E-state index is -0.380. The SMILES string of the molecule is CC(=O)Nc1ccc(C(=O)NNC(=O)CC2CCCC2)cc1. The van der Waals surface area contributed by atoms with Gasteiger partial charge in [0.25, 0.3) is 5.91 Å². The van der Waals surface area contributed by atoms with Crippen molar-refractivity contribution in [2.24, 2.45) is 5.92 Å². The van der Waals surface area contributed by atoms with Crippen LogP contribution in [-0.2, 0) is 9.59 Å². The van der Waals surface area contributed by atoms with Crippen LogP contribution in [0.3, 0.4) is 0 Å². The maximum absolute atomic E-state index is 11.9. The molecule has 3 amide bonds. The molecule has 0 spiro atoms. The van der Waals surface area contributed by atoms with E-state index in [1.54, 1.807) is 24.3 Å². The van der Waals surface area contributed by atoms with Gasteiger partial charge in [-0.2, -0.15) is 0 Å². The normalized spacial score (nSPS) is 14.4. The van der Waals surface area contributed by atoms with Crippen molar-refractivity contribution >= 4 is 23.4 Å². The lowest BCUT2D eigenvalue weighted by Crippen LogP contribution is -2.42. The quantitative estimate of drug-likeness (QED) is 0.743. The average Bonchev–Trinajstić information content (AvgIpc) is 2.98. The fourth-order valence-electron chi connectivity index (χ4n) is 2.63. The van der Waals surface area contributed by atoms with E-state index < -0.39 is 0 Å². The molecule has 1 aliphatic carbocycles. The van der Waals surface area contributed by atoms with E-state index >= 15 is 0 Å². The van der Waals surface area contributed by atoms with Gasteiger partial charge < -0.3 is 5.32 Å². The molecular weight excluding hydrogens is 282 g/mol. The molecule has 0 radical (unpaired) electrons. The van der Waals surface area contributed by atoms with Gasteiger partial charge in [-0.15, -0.1) is 0 Å². The van der Waals surface area contributed by atoms with Gasteiger partial charge in [-0.1, -0.05) is 12.8 Å². The summed E-state index contributed by atoms with van der Waals surface area (Å²) in [5, 5.41) is 2.62. The number of nitrogens with one attached hydrogen (secondary N) is 3. The molecule has 1 saturated carbocycles. The zero-order chi connectivity index (χ0) is 15.9. The molecular formula is C16H21N3O3. The van der Waals surface area contributed by atoms with E-state index in [9.17, 15) is 14.4 Å². The van der Waals surface area contributed by atoms with E-state index in [1.165, 1.54) is 19.8 Å². The van der Waals surface area contributed by atoms with Crippen LogP contribution in [0.15, 0.2) is 24.3 Å². The molecule has 2 rings (SSSR count). The third kappa shape index (κ3) is 4.87. The fraction of sp³-hybridized carbons (Fsp3) is 0.438. The second kappa shape index (κ2) is 7.59. The highest BCUT2D eigenvalue weighted by atomic mass is 16.2. The summed E-state index contributed by atoms with van der Waals surface area (Å²) in [7, 11) is 0. The van der Waals surface area contributed by atoms with E-state index in [0.29, 0.717) is 23.6 Å². The molecule has 0 bridgehead atoms. The summed E-state index contributed by atoms with van der Waals surface area (Å²) in [4.78, 5) is 34.6. The molecule has 0 atom stereocenters. The zero-order valence-corrected chi connectivity index (χ0v) is 12.6. The zero-order valence-electron chi connectivity index (χ0n) is 12.6. The predicted molar refractivity (Wildman–Crippen MR) is 82.9 cm³/mol. The molecule has 22 heavy (non-hydrogen) atoms. The summed E-state index contributed by atoms with van der Waals surface area (Å²) in [6.45, 7) is 1.42. The van der Waals surface area contributed by atoms with Crippen molar-refractivity contribution in [2.75, 3.05) is 5.32 Å². The molecule has 6 nitrogen and oxygen atoms in total. The van der Waals surface area contributed by atoms with Crippen LogP contribution in [0.4, 0.5) is 5.69 Å². The van der Waals surface area contributed by atoms with E-state index in [2.05, 4.69) is 16.2 Å². The van der Waals surface area contributed by atoms with Crippen molar-refractivity contribution in [2.45, 2.75) is 39.0 Å². The fourth-order valence-corrected chi connectivity index (χ4v) is 2.63. The van der Waals surface area contributed by atoms with Crippen LogP contribution >= 0.6 is 0 Å². The number of hydrogen-bond donors (Lipinski definition) is 3. The van der Waals surface area contributed by atoms with Gasteiger partial charge in [-0.3, -0.25) is 25.2 Å². The van der Waals surface area contributed by atoms with Crippen molar-refractivity contribution in [1.29, 1.82) is 0 Å². The minimum Gasteiger partial charge on any atom is -0.326 e. The van der Waals surface area contributed by atoms with Crippen LogP contribution in [0, 0.1) is 5.92 Å². The van der Waals surface area contributed by atoms with Crippen LogP contribution in [0.5, 0.6) is 0 Å². The Hall–Kier alpha value is -2.37. The molecule has 1 aliphatic rings. The molecule has 0 saturated heterocycles. The highest BCUT2D eigenvalue weighted by Crippen LogP contribution is 2.27. The van der Waals surface area contributed by atoms with E-state index in [-0.39, 0.29) is 17.7 Å². The number of benzene rings is 1. The van der Waals surface area contributed by atoms with Crippen molar-refractivity contribution in [3.8, 4) is 0 Å². The van der Waals surface area contributed by atoms with Crippen molar-refractivity contribution < 1.29 is 14.4 Å². The standard InChI is InChI=1S/C16H21N3O3/c1-11(20)17-14-8-6-13(7-9-14)16(22)19-18-15(21)10-12-4-2-3-5-12/h6-9,12H,2-5,10H2,1H3,(H,17,20)(H,18,21)(H,19,22). The summed E-state index contributed by atoms with van der Waals surface area (Å²) in [5.74, 6) is -0.269. The Balaban J connectivity index is 1.78. The minimum absolute atomic E-state index is 0.157. The molecule has 0 aromatic heterocycles. The Morgan fingerprint density at radius 1 is 1.05 bits per heavy atom. The molecule has 118 valence electrons. The van der Waals surface area contributed by atoms with E-state index in [4.69, 9.17) is 0 Å². The molecule has 1 fully saturated rings. The van der Waals surface area contributed by atoms with Gasteiger partial charge in [-0.05, 0) is 43.0 Å². The second-order valence-corrected chi connectivity index (χ2v) is 5.62. The Labute approximate surface area is 129 Å². The lowest BCUT2D eigenvalue weighted by molar-refractivity contribution is -0.122. The molecule has 1 aromatic carbocycles. The summed E-state index contributed by atoms with van der Waals surface area (Å²) in [6.07, 6.45) is 5.01. The third-order valence-electron chi connectivity index (χ3n) is 3.73. The number of amides is 3. The number of carbonyl (C=O) groups excluding carboxylic acids is 3. The van der Waals surface area contributed by atoms with Crippen LogP contribution in [0.1, 0.15) is 49.4 Å². The van der Waals surface area contributed by atoms with Crippen LogP contribution in [0.2, 0.25) is 0 Å². The maximum atomic E-state index is 11.9. The van der Waals surface area contributed by atoms with Crippen LogP contribution in [-0.4, -0.2) is 17.7 Å².